The van der Waals surface area contributed by atoms with Gasteiger partial charge in [0.2, 0.25) is 0 Å². The van der Waals surface area contributed by atoms with Crippen LogP contribution in [0.25, 0.3) is 0 Å². The first-order chi connectivity index (χ1) is 9.10. The summed E-state index contributed by atoms with van der Waals surface area (Å²) in [4.78, 5) is 0.233. The molecule has 0 aliphatic rings. The lowest BCUT2D eigenvalue weighted by Crippen LogP contribution is -1.99. The van der Waals surface area contributed by atoms with Crippen molar-refractivity contribution in [3.05, 3.63) is 62.5 Å². The number of hydrogen-bond acceptors (Lipinski definition) is 1. The van der Waals surface area contributed by atoms with E-state index in [-0.39, 0.29) is 4.83 Å². The zero-order valence-electron chi connectivity index (χ0n) is 10.4. The van der Waals surface area contributed by atoms with E-state index in [0.717, 1.165) is 26.7 Å². The molecule has 0 radical (unpaired) electrons. The summed E-state index contributed by atoms with van der Waals surface area (Å²) >= 11 is 10.7. The molecule has 0 saturated heterocycles. The standard InChI is InChI=1S/C15H13Br3O/c1-19-15-9-12(17)6-7-13(15)14(18)8-10-2-4-11(16)5-3-10/h2-7,9,14H,8H2,1H3. The average molecular weight is 449 g/mol. The van der Waals surface area contributed by atoms with Crippen molar-refractivity contribution in [2.45, 2.75) is 11.2 Å². The molecule has 0 aliphatic carbocycles. The van der Waals surface area contributed by atoms with E-state index in [1.807, 2.05) is 12.1 Å². The molecule has 0 aromatic heterocycles. The predicted octanol–water partition coefficient (Wildman–Crippen LogP) is 5.90. The quantitative estimate of drug-likeness (QED) is 0.529. The summed E-state index contributed by atoms with van der Waals surface area (Å²) in [6, 6.07) is 14.5. The first kappa shape index (κ1) is 15.1. The summed E-state index contributed by atoms with van der Waals surface area (Å²) in [6.07, 6.45) is 0.922. The molecular formula is C15H13Br3O. The molecule has 0 bridgehead atoms. The van der Waals surface area contributed by atoms with E-state index in [1.165, 1.54) is 5.56 Å². The molecule has 0 aliphatic heterocycles. The number of methoxy groups -OCH3 is 1. The zero-order chi connectivity index (χ0) is 13.8. The molecule has 0 spiro atoms. The van der Waals surface area contributed by atoms with E-state index in [2.05, 4.69) is 78.1 Å². The first-order valence-corrected chi connectivity index (χ1v) is 8.32. The zero-order valence-corrected chi connectivity index (χ0v) is 15.1. The van der Waals surface area contributed by atoms with Gasteiger partial charge in [0, 0.05) is 19.3 Å². The van der Waals surface area contributed by atoms with Crippen molar-refractivity contribution >= 4 is 47.8 Å². The number of hydrogen-bond donors (Lipinski definition) is 0. The Labute approximate surface area is 138 Å². The van der Waals surface area contributed by atoms with Crippen molar-refractivity contribution in [1.29, 1.82) is 0 Å². The van der Waals surface area contributed by atoms with Crippen LogP contribution in [0.3, 0.4) is 0 Å². The summed E-state index contributed by atoms with van der Waals surface area (Å²) in [5.41, 5.74) is 2.45. The number of alkyl halides is 1. The molecule has 1 unspecified atom stereocenters. The van der Waals surface area contributed by atoms with Gasteiger partial charge in [0.05, 0.1) is 7.11 Å². The molecule has 4 heteroatoms. The van der Waals surface area contributed by atoms with E-state index in [4.69, 9.17) is 4.74 Å². The second-order valence-corrected chi connectivity index (χ2v) is 7.12. The minimum atomic E-state index is 0.233. The molecule has 0 N–H and O–H groups in total. The molecule has 0 heterocycles. The molecule has 2 rings (SSSR count). The van der Waals surface area contributed by atoms with Gasteiger partial charge in [0.1, 0.15) is 5.75 Å². The first-order valence-electron chi connectivity index (χ1n) is 5.82. The maximum Gasteiger partial charge on any atom is 0.124 e. The van der Waals surface area contributed by atoms with E-state index >= 15 is 0 Å². The van der Waals surface area contributed by atoms with Crippen LogP contribution in [0, 0.1) is 0 Å². The van der Waals surface area contributed by atoms with Crippen molar-refractivity contribution in [3.63, 3.8) is 0 Å². The Morgan fingerprint density at radius 3 is 2.26 bits per heavy atom. The van der Waals surface area contributed by atoms with Gasteiger partial charge in [-0.3, -0.25) is 0 Å². The molecule has 0 saturated carbocycles. The SMILES string of the molecule is COc1cc(Br)ccc1C(Br)Cc1ccc(Br)cc1. The fourth-order valence-electron chi connectivity index (χ4n) is 1.88. The fourth-order valence-corrected chi connectivity index (χ4v) is 3.24. The smallest absolute Gasteiger partial charge is 0.124 e. The van der Waals surface area contributed by atoms with Gasteiger partial charge in [0.25, 0.3) is 0 Å². The van der Waals surface area contributed by atoms with Crippen LogP contribution in [0.2, 0.25) is 0 Å². The van der Waals surface area contributed by atoms with Gasteiger partial charge in [-0.1, -0.05) is 66.0 Å². The predicted molar refractivity (Wildman–Crippen MR) is 90.2 cm³/mol. The Hall–Kier alpha value is -0.320. The highest BCUT2D eigenvalue weighted by Crippen LogP contribution is 2.35. The van der Waals surface area contributed by atoms with Crippen LogP contribution in [-0.4, -0.2) is 7.11 Å². The maximum atomic E-state index is 5.44. The lowest BCUT2D eigenvalue weighted by Gasteiger charge is -2.15. The van der Waals surface area contributed by atoms with Gasteiger partial charge in [-0.05, 0) is 36.2 Å². The monoisotopic (exact) mass is 446 g/mol. The van der Waals surface area contributed by atoms with Crippen LogP contribution >= 0.6 is 47.8 Å². The molecule has 0 amide bonds. The van der Waals surface area contributed by atoms with Crippen LogP contribution in [0.15, 0.2) is 51.4 Å². The van der Waals surface area contributed by atoms with Crippen LogP contribution in [0.1, 0.15) is 16.0 Å². The Morgan fingerprint density at radius 1 is 1.00 bits per heavy atom. The van der Waals surface area contributed by atoms with E-state index in [0.29, 0.717) is 0 Å². The minimum absolute atomic E-state index is 0.233. The highest BCUT2D eigenvalue weighted by molar-refractivity contribution is 9.10. The van der Waals surface area contributed by atoms with E-state index < -0.39 is 0 Å². The fraction of sp³-hybridized carbons (Fsp3) is 0.200. The number of benzene rings is 2. The minimum Gasteiger partial charge on any atom is -0.496 e. The number of halogens is 3. The molecule has 1 atom stereocenters. The van der Waals surface area contributed by atoms with Gasteiger partial charge in [0.15, 0.2) is 0 Å². The number of ether oxygens (including phenoxy) is 1. The van der Waals surface area contributed by atoms with Gasteiger partial charge in [-0.25, -0.2) is 0 Å². The van der Waals surface area contributed by atoms with Crippen LogP contribution in [0.5, 0.6) is 5.75 Å². The van der Waals surface area contributed by atoms with Crippen LogP contribution < -0.4 is 4.74 Å². The largest absolute Gasteiger partial charge is 0.496 e. The Bertz CT molecular complexity index is 552. The normalized spacial score (nSPS) is 12.2. The van der Waals surface area contributed by atoms with Gasteiger partial charge in [-0.2, -0.15) is 0 Å². The summed E-state index contributed by atoms with van der Waals surface area (Å²) in [5.74, 6) is 0.897. The molecule has 1 nitrogen and oxygen atoms in total. The van der Waals surface area contributed by atoms with Crippen molar-refractivity contribution in [1.82, 2.24) is 0 Å². The van der Waals surface area contributed by atoms with Crippen LogP contribution in [-0.2, 0) is 6.42 Å². The summed E-state index contributed by atoms with van der Waals surface area (Å²) in [6.45, 7) is 0. The highest BCUT2D eigenvalue weighted by Gasteiger charge is 2.14. The molecule has 0 fully saturated rings. The van der Waals surface area contributed by atoms with Crippen molar-refractivity contribution in [2.24, 2.45) is 0 Å². The molecule has 2 aromatic rings. The molecule has 19 heavy (non-hydrogen) atoms. The molecular weight excluding hydrogens is 436 g/mol. The molecule has 2 aromatic carbocycles. The Balaban J connectivity index is 2.19. The summed E-state index contributed by atoms with van der Waals surface area (Å²) in [5, 5.41) is 0. The number of rotatable bonds is 4. The second kappa shape index (κ2) is 6.91. The summed E-state index contributed by atoms with van der Waals surface area (Å²) in [7, 11) is 1.70. The van der Waals surface area contributed by atoms with Crippen LogP contribution in [0.4, 0.5) is 0 Å². The average Bonchev–Trinajstić information content (AvgIpc) is 2.41. The third kappa shape index (κ3) is 4.07. The summed E-state index contributed by atoms with van der Waals surface area (Å²) < 4.78 is 7.56. The third-order valence-corrected chi connectivity index (χ3v) is 4.70. The van der Waals surface area contributed by atoms with Gasteiger partial charge in [-0.15, -0.1) is 0 Å². The van der Waals surface area contributed by atoms with Gasteiger partial charge < -0.3 is 4.74 Å². The third-order valence-electron chi connectivity index (χ3n) is 2.86. The lowest BCUT2D eigenvalue weighted by atomic mass is 10.0. The second-order valence-electron chi connectivity index (χ2n) is 4.18. The lowest BCUT2D eigenvalue weighted by molar-refractivity contribution is 0.409. The maximum absolute atomic E-state index is 5.44. The van der Waals surface area contributed by atoms with Crippen molar-refractivity contribution < 1.29 is 4.74 Å². The van der Waals surface area contributed by atoms with Crippen molar-refractivity contribution in [2.75, 3.05) is 7.11 Å². The molecule has 100 valence electrons. The van der Waals surface area contributed by atoms with Crippen molar-refractivity contribution in [3.8, 4) is 5.75 Å². The van der Waals surface area contributed by atoms with E-state index in [1.54, 1.807) is 7.11 Å². The topological polar surface area (TPSA) is 9.23 Å². The van der Waals surface area contributed by atoms with Gasteiger partial charge >= 0.3 is 0 Å². The Kier molecular flexibility index (Phi) is 5.48. The Morgan fingerprint density at radius 2 is 1.63 bits per heavy atom. The highest BCUT2D eigenvalue weighted by atomic mass is 79.9. The van der Waals surface area contributed by atoms with E-state index in [9.17, 15) is 0 Å².